The number of benzene rings is 1. The number of amides is 2. The van der Waals surface area contributed by atoms with Crippen molar-refractivity contribution in [2.24, 2.45) is 5.92 Å². The quantitative estimate of drug-likeness (QED) is 0.346. The molecule has 1 aliphatic rings. The molecule has 158 valence electrons. The van der Waals surface area contributed by atoms with E-state index >= 15 is 0 Å². The monoisotopic (exact) mass is 408 g/mol. The number of carbonyl (C=O) groups excluding carboxylic acids is 2. The van der Waals surface area contributed by atoms with Crippen LogP contribution in [0.5, 0.6) is 11.5 Å². The normalized spacial score (nSPS) is 15.6. The molecule has 2 rings (SSSR count). The Labute approximate surface area is 178 Å². The summed E-state index contributed by atoms with van der Waals surface area (Å²) in [5.41, 5.74) is 1.33. The number of imide groups is 1. The smallest absolute Gasteiger partial charge is 0.271 e. The largest absolute Gasteiger partial charge is 0.490 e. The van der Waals surface area contributed by atoms with E-state index in [1.807, 2.05) is 25.1 Å². The molecule has 0 atom stereocenters. The van der Waals surface area contributed by atoms with Crippen molar-refractivity contribution in [1.29, 1.82) is 5.26 Å². The van der Waals surface area contributed by atoms with Gasteiger partial charge in [-0.2, -0.15) is 5.26 Å². The lowest BCUT2D eigenvalue weighted by Gasteiger charge is -2.26. The second kappa shape index (κ2) is 10.4. The van der Waals surface area contributed by atoms with Crippen molar-refractivity contribution in [3.05, 3.63) is 53.1 Å². The molecule has 6 nitrogen and oxygen atoms in total. The number of hydrogen-bond donors (Lipinski definition) is 0. The van der Waals surface area contributed by atoms with Crippen LogP contribution in [0.4, 0.5) is 0 Å². The summed E-state index contributed by atoms with van der Waals surface area (Å²) in [6.45, 7) is 12.4. The molecule has 0 unspecified atom stereocenters. The van der Waals surface area contributed by atoms with Crippen LogP contribution in [-0.4, -0.2) is 36.5 Å². The topological polar surface area (TPSA) is 79.6 Å². The maximum absolute atomic E-state index is 12.9. The van der Waals surface area contributed by atoms with Gasteiger partial charge in [0.15, 0.2) is 11.5 Å². The summed E-state index contributed by atoms with van der Waals surface area (Å²) in [5.74, 6) is 0.711. The van der Waals surface area contributed by atoms with E-state index in [-0.39, 0.29) is 12.1 Å². The van der Waals surface area contributed by atoms with Crippen LogP contribution in [0.3, 0.4) is 0 Å². The third-order valence-electron chi connectivity index (χ3n) is 4.67. The molecule has 0 fully saturated rings. The van der Waals surface area contributed by atoms with Gasteiger partial charge in [0.2, 0.25) is 0 Å². The number of nitrogens with zero attached hydrogens (tertiary/aromatic N) is 2. The second-order valence-electron chi connectivity index (χ2n) is 7.35. The molecule has 1 aromatic rings. The van der Waals surface area contributed by atoms with E-state index < -0.39 is 11.8 Å². The average molecular weight is 408 g/mol. The molecule has 0 saturated heterocycles. The van der Waals surface area contributed by atoms with Crippen LogP contribution in [0.25, 0.3) is 6.08 Å². The van der Waals surface area contributed by atoms with Crippen molar-refractivity contribution < 1.29 is 19.1 Å². The van der Waals surface area contributed by atoms with Crippen LogP contribution in [0.2, 0.25) is 0 Å². The van der Waals surface area contributed by atoms with E-state index in [1.54, 1.807) is 19.1 Å². The van der Waals surface area contributed by atoms with E-state index in [0.717, 1.165) is 11.3 Å². The Balaban J connectivity index is 2.44. The lowest BCUT2D eigenvalue weighted by Crippen LogP contribution is -2.42. The van der Waals surface area contributed by atoms with E-state index in [0.29, 0.717) is 47.3 Å². The summed E-state index contributed by atoms with van der Waals surface area (Å²) in [6.07, 6.45) is 4.05. The lowest BCUT2D eigenvalue weighted by molar-refractivity contribution is -0.139. The van der Waals surface area contributed by atoms with Gasteiger partial charge < -0.3 is 9.47 Å². The van der Waals surface area contributed by atoms with Crippen LogP contribution < -0.4 is 9.47 Å². The molecule has 1 heterocycles. The fourth-order valence-electron chi connectivity index (χ4n) is 3.00. The Morgan fingerprint density at radius 3 is 2.53 bits per heavy atom. The van der Waals surface area contributed by atoms with Crippen LogP contribution in [-0.2, 0) is 9.59 Å². The number of hydrogen-bond acceptors (Lipinski definition) is 5. The molecule has 0 saturated carbocycles. The van der Waals surface area contributed by atoms with E-state index in [1.165, 1.54) is 6.08 Å². The van der Waals surface area contributed by atoms with Gasteiger partial charge >= 0.3 is 0 Å². The Morgan fingerprint density at radius 2 is 1.93 bits per heavy atom. The van der Waals surface area contributed by atoms with E-state index in [4.69, 9.17) is 9.47 Å². The van der Waals surface area contributed by atoms with E-state index in [9.17, 15) is 14.9 Å². The summed E-state index contributed by atoms with van der Waals surface area (Å²) >= 11 is 0. The van der Waals surface area contributed by atoms with Crippen LogP contribution in [0, 0.1) is 17.2 Å². The van der Waals surface area contributed by atoms with Crippen molar-refractivity contribution in [3.8, 4) is 17.6 Å². The van der Waals surface area contributed by atoms with Gasteiger partial charge in [-0.25, -0.2) is 0 Å². The molecule has 0 N–H and O–H groups in total. The predicted molar refractivity (Wildman–Crippen MR) is 116 cm³/mol. The molecule has 2 amide bonds. The molecular weight excluding hydrogens is 380 g/mol. The van der Waals surface area contributed by atoms with Crippen LogP contribution in [0.15, 0.2) is 47.6 Å². The van der Waals surface area contributed by atoms with Crippen molar-refractivity contribution in [3.63, 3.8) is 0 Å². The molecule has 1 aliphatic heterocycles. The summed E-state index contributed by atoms with van der Waals surface area (Å²) in [4.78, 5) is 26.3. The minimum Gasteiger partial charge on any atom is -0.490 e. The van der Waals surface area contributed by atoms with Crippen molar-refractivity contribution in [1.82, 2.24) is 4.90 Å². The second-order valence-corrected chi connectivity index (χ2v) is 7.35. The summed E-state index contributed by atoms with van der Waals surface area (Å²) < 4.78 is 11.6. The molecule has 0 spiro atoms. The van der Waals surface area contributed by atoms with Gasteiger partial charge in [-0.05, 0) is 55.5 Å². The zero-order chi connectivity index (χ0) is 22.3. The van der Waals surface area contributed by atoms with Gasteiger partial charge in [-0.1, -0.05) is 26.0 Å². The Morgan fingerprint density at radius 1 is 1.20 bits per heavy atom. The first-order valence-corrected chi connectivity index (χ1v) is 10.0. The van der Waals surface area contributed by atoms with Crippen LogP contribution in [0.1, 0.15) is 39.7 Å². The molecular formula is C24H28N2O4. The van der Waals surface area contributed by atoms with Gasteiger partial charge in [-0.15, -0.1) is 6.58 Å². The highest BCUT2D eigenvalue weighted by Gasteiger charge is 2.34. The lowest BCUT2D eigenvalue weighted by atomic mass is 9.93. The zero-order valence-corrected chi connectivity index (χ0v) is 18.0. The van der Waals surface area contributed by atoms with Crippen molar-refractivity contribution in [2.75, 3.05) is 19.8 Å². The predicted octanol–water partition coefficient (Wildman–Crippen LogP) is 4.29. The van der Waals surface area contributed by atoms with Gasteiger partial charge in [-0.3, -0.25) is 14.5 Å². The number of carbonyl (C=O) groups is 2. The van der Waals surface area contributed by atoms with Crippen LogP contribution >= 0.6 is 0 Å². The Bertz CT molecular complexity index is 935. The van der Waals surface area contributed by atoms with Crippen molar-refractivity contribution >= 4 is 17.9 Å². The molecule has 0 radical (unpaired) electrons. The molecule has 0 aliphatic carbocycles. The average Bonchev–Trinajstić information content (AvgIpc) is 2.70. The minimum absolute atomic E-state index is 0.0404. The maximum atomic E-state index is 12.9. The Hall–Kier alpha value is -3.33. The highest BCUT2D eigenvalue weighted by molar-refractivity contribution is 6.19. The molecule has 1 aromatic carbocycles. The summed E-state index contributed by atoms with van der Waals surface area (Å²) in [7, 11) is 0. The first-order chi connectivity index (χ1) is 14.3. The zero-order valence-electron chi connectivity index (χ0n) is 18.0. The molecule has 6 heteroatoms. The summed E-state index contributed by atoms with van der Waals surface area (Å²) in [5, 5.41) is 9.40. The third kappa shape index (κ3) is 5.18. The molecule has 0 bridgehead atoms. The summed E-state index contributed by atoms with van der Waals surface area (Å²) in [6, 6.07) is 7.34. The minimum atomic E-state index is -0.596. The third-order valence-corrected chi connectivity index (χ3v) is 4.67. The standard InChI is InChI=1S/C24H28N2O4/c1-6-11-26-23(27)19(17(5)20(15-25)24(26)28)13-18-8-9-21(22(14-18)29-7-2)30-12-10-16(3)4/h6,8-9,13-14,16H,1,7,10-12H2,2-5H3/b19-13+. The first-order valence-electron chi connectivity index (χ1n) is 10.0. The van der Waals surface area contributed by atoms with Gasteiger partial charge in [0.1, 0.15) is 11.6 Å². The molecule has 0 aromatic heterocycles. The maximum Gasteiger partial charge on any atom is 0.271 e. The SMILES string of the molecule is C=CCN1C(=O)C(C#N)=C(C)/C(=C\c2ccc(OCCC(C)C)c(OCC)c2)C1=O. The highest BCUT2D eigenvalue weighted by atomic mass is 16.5. The fraction of sp³-hybridized carbons (Fsp3) is 0.375. The van der Waals surface area contributed by atoms with Crippen molar-refractivity contribution in [2.45, 2.75) is 34.1 Å². The highest BCUT2D eigenvalue weighted by Crippen LogP contribution is 2.32. The van der Waals surface area contributed by atoms with Gasteiger partial charge in [0.25, 0.3) is 11.8 Å². The Kier molecular flexibility index (Phi) is 7.99. The fourth-order valence-corrected chi connectivity index (χ4v) is 3.00. The van der Waals surface area contributed by atoms with Gasteiger partial charge in [0.05, 0.1) is 13.2 Å². The van der Waals surface area contributed by atoms with Gasteiger partial charge in [0, 0.05) is 12.1 Å². The van der Waals surface area contributed by atoms with E-state index in [2.05, 4.69) is 20.4 Å². The first kappa shape index (κ1) is 23.0. The molecule has 30 heavy (non-hydrogen) atoms. The number of rotatable bonds is 9. The number of nitriles is 1. The number of ether oxygens (including phenoxy) is 2.